The molecule has 2 saturated heterocycles. The number of rotatable bonds is 4. The van der Waals surface area contributed by atoms with E-state index in [2.05, 4.69) is 21.0 Å². The highest BCUT2D eigenvalue weighted by molar-refractivity contribution is 6.14. The molecule has 1 saturated carbocycles. The van der Waals surface area contributed by atoms with E-state index in [0.717, 1.165) is 18.7 Å². The number of hydrogen-bond donors (Lipinski definition) is 4. The van der Waals surface area contributed by atoms with Crippen molar-refractivity contribution in [2.45, 2.75) is 18.9 Å². The molecule has 3 aliphatic rings. The molecule has 0 unspecified atom stereocenters. The van der Waals surface area contributed by atoms with E-state index in [0.29, 0.717) is 49.2 Å². The first-order chi connectivity index (χ1) is 14.5. The molecule has 2 aromatic rings. The van der Waals surface area contributed by atoms with Crippen LogP contribution in [0.2, 0.25) is 0 Å². The maximum atomic E-state index is 11.9. The molecule has 30 heavy (non-hydrogen) atoms. The lowest BCUT2D eigenvalue weighted by molar-refractivity contribution is -0.115. The van der Waals surface area contributed by atoms with Gasteiger partial charge < -0.3 is 25.5 Å². The number of urea groups is 1. The molecule has 2 aromatic heterocycles. The summed E-state index contributed by atoms with van der Waals surface area (Å²) in [5.41, 5.74) is 1.26. The van der Waals surface area contributed by atoms with Crippen LogP contribution in [-0.2, 0) is 4.79 Å². The highest BCUT2D eigenvalue weighted by Gasteiger charge is 2.27. The van der Waals surface area contributed by atoms with Gasteiger partial charge in [-0.15, -0.1) is 0 Å². The van der Waals surface area contributed by atoms with Gasteiger partial charge in [-0.2, -0.15) is 9.61 Å². The molecule has 4 amide bonds. The summed E-state index contributed by atoms with van der Waals surface area (Å²) in [4.78, 5) is 42.6. The fourth-order valence-corrected chi connectivity index (χ4v) is 3.54. The van der Waals surface area contributed by atoms with Crippen molar-refractivity contribution < 1.29 is 19.5 Å². The maximum Gasteiger partial charge on any atom is 0.407 e. The van der Waals surface area contributed by atoms with Crippen LogP contribution in [-0.4, -0.2) is 74.9 Å². The zero-order chi connectivity index (χ0) is 20.8. The number of anilines is 2. The van der Waals surface area contributed by atoms with E-state index in [4.69, 9.17) is 4.98 Å². The Bertz CT molecular complexity index is 1080. The van der Waals surface area contributed by atoms with Crippen LogP contribution >= 0.6 is 0 Å². The molecule has 156 valence electrons. The van der Waals surface area contributed by atoms with E-state index >= 15 is 0 Å². The highest BCUT2D eigenvalue weighted by Crippen LogP contribution is 2.29. The van der Waals surface area contributed by atoms with E-state index in [9.17, 15) is 19.5 Å². The molecule has 4 heterocycles. The lowest BCUT2D eigenvalue weighted by Gasteiger charge is -2.34. The number of nitrogens with one attached hydrogen (secondary N) is 3. The van der Waals surface area contributed by atoms with Crippen LogP contribution in [0.5, 0.6) is 0 Å². The number of hydrogen-bond acceptors (Lipinski definition) is 7. The van der Waals surface area contributed by atoms with Crippen LogP contribution in [0.4, 0.5) is 21.2 Å². The number of carbonyl (C=O) groups excluding carboxylic acids is 2. The molecule has 2 aliphatic heterocycles. The summed E-state index contributed by atoms with van der Waals surface area (Å²) in [6, 6.07) is 1.73. The average molecular weight is 412 g/mol. The Kier molecular flexibility index (Phi) is 4.19. The molecule has 0 aromatic carbocycles. The fourth-order valence-electron chi connectivity index (χ4n) is 3.54. The molecule has 12 heteroatoms. The van der Waals surface area contributed by atoms with E-state index in [1.165, 1.54) is 4.90 Å². The summed E-state index contributed by atoms with van der Waals surface area (Å²) in [6.45, 7) is 1.86. The fraction of sp³-hybridized carbons (Fsp3) is 0.389. The van der Waals surface area contributed by atoms with Crippen molar-refractivity contribution in [1.29, 1.82) is 0 Å². The molecule has 4 N–H and O–H groups in total. The normalized spacial score (nSPS) is 20.6. The van der Waals surface area contributed by atoms with Gasteiger partial charge in [-0.05, 0) is 18.9 Å². The van der Waals surface area contributed by atoms with Gasteiger partial charge in [0.2, 0.25) is 0 Å². The number of piperazine rings is 1. The summed E-state index contributed by atoms with van der Waals surface area (Å²) in [6.07, 6.45) is 4.39. The molecule has 12 nitrogen and oxygen atoms in total. The molecular formula is C18H20N8O4. The minimum Gasteiger partial charge on any atom is -0.465 e. The van der Waals surface area contributed by atoms with Crippen LogP contribution in [0.15, 0.2) is 18.0 Å². The van der Waals surface area contributed by atoms with E-state index in [1.807, 2.05) is 11.0 Å². The van der Waals surface area contributed by atoms with Gasteiger partial charge in [-0.3, -0.25) is 10.1 Å². The largest absolute Gasteiger partial charge is 0.465 e. The van der Waals surface area contributed by atoms with Gasteiger partial charge in [0.15, 0.2) is 5.65 Å². The maximum absolute atomic E-state index is 11.9. The van der Waals surface area contributed by atoms with E-state index < -0.39 is 18.0 Å². The minimum absolute atomic E-state index is 0.133. The lowest BCUT2D eigenvalue weighted by Crippen LogP contribution is -2.48. The number of carbonyl (C=O) groups is 3. The molecule has 0 spiro atoms. The zero-order valence-corrected chi connectivity index (χ0v) is 16.0. The van der Waals surface area contributed by atoms with Crippen LogP contribution in [0, 0.1) is 0 Å². The zero-order valence-electron chi connectivity index (χ0n) is 16.0. The topological polar surface area (TPSA) is 144 Å². The summed E-state index contributed by atoms with van der Waals surface area (Å²) in [7, 11) is 0. The molecular weight excluding hydrogens is 392 g/mol. The Morgan fingerprint density at radius 1 is 1.20 bits per heavy atom. The summed E-state index contributed by atoms with van der Waals surface area (Å²) in [5.74, 6) is 0.982. The highest BCUT2D eigenvalue weighted by atomic mass is 16.4. The third-order valence-electron chi connectivity index (χ3n) is 5.31. The van der Waals surface area contributed by atoms with Gasteiger partial charge in [-0.1, -0.05) is 0 Å². The van der Waals surface area contributed by atoms with Gasteiger partial charge in [0.25, 0.3) is 5.91 Å². The summed E-state index contributed by atoms with van der Waals surface area (Å²) < 4.78 is 1.68. The van der Waals surface area contributed by atoms with Crippen molar-refractivity contribution in [3.63, 3.8) is 0 Å². The second kappa shape index (κ2) is 6.90. The van der Waals surface area contributed by atoms with E-state index in [1.54, 1.807) is 16.8 Å². The number of nitrogens with zero attached hydrogens (tertiary/aromatic N) is 5. The number of fused-ring (bicyclic) bond motifs is 1. The van der Waals surface area contributed by atoms with Crippen LogP contribution < -0.4 is 20.9 Å². The Morgan fingerprint density at radius 2 is 1.97 bits per heavy atom. The second-order valence-corrected chi connectivity index (χ2v) is 7.48. The number of carboxylic acid groups (broad SMARTS) is 1. The number of imide groups is 1. The van der Waals surface area contributed by atoms with Crippen LogP contribution in [0.3, 0.4) is 0 Å². The van der Waals surface area contributed by atoms with Crippen molar-refractivity contribution in [2.75, 3.05) is 36.4 Å². The molecule has 5 rings (SSSR count). The molecule has 3 fully saturated rings. The molecule has 0 bridgehead atoms. The molecule has 1 aliphatic carbocycles. The van der Waals surface area contributed by atoms with Gasteiger partial charge in [0.05, 0.1) is 6.20 Å². The quantitative estimate of drug-likeness (QED) is 0.414. The molecule has 0 radical (unpaired) electrons. The standard InChI is InChI=1S/C18H20N8O4/c27-16-12(21-17(28)23-16)7-10-9-19-26-14(20-11-1-2-11)8-13(22-15(10)26)24-3-5-25(6-4-24)18(29)30/h7-9,11,20H,1-6H2,(H,29,30)(H2,21,23,27,28). The van der Waals surface area contributed by atoms with Gasteiger partial charge in [0, 0.05) is 43.9 Å². The Morgan fingerprint density at radius 3 is 2.60 bits per heavy atom. The smallest absolute Gasteiger partial charge is 0.407 e. The third kappa shape index (κ3) is 3.36. The predicted octanol–water partition coefficient (Wildman–Crippen LogP) is 0.284. The van der Waals surface area contributed by atoms with Crippen molar-refractivity contribution >= 4 is 41.4 Å². The van der Waals surface area contributed by atoms with Crippen LogP contribution in [0.25, 0.3) is 11.7 Å². The van der Waals surface area contributed by atoms with Gasteiger partial charge >= 0.3 is 12.1 Å². The summed E-state index contributed by atoms with van der Waals surface area (Å²) >= 11 is 0. The first-order valence-electron chi connectivity index (χ1n) is 9.70. The average Bonchev–Trinajstić information content (AvgIpc) is 3.36. The second-order valence-electron chi connectivity index (χ2n) is 7.48. The SMILES string of the molecule is O=C1NC(=O)C(=Cc2cnn3c(NC4CC4)cc(N4CCN(C(=O)O)CC4)nc23)N1. The Balaban J connectivity index is 1.51. The number of amides is 4. The first-order valence-corrected chi connectivity index (χ1v) is 9.70. The van der Waals surface area contributed by atoms with Crippen molar-refractivity contribution in [2.24, 2.45) is 0 Å². The predicted molar refractivity (Wildman–Crippen MR) is 106 cm³/mol. The van der Waals surface area contributed by atoms with E-state index in [-0.39, 0.29) is 5.70 Å². The van der Waals surface area contributed by atoms with Gasteiger partial charge in [0.1, 0.15) is 17.3 Å². The number of aromatic nitrogens is 3. The van der Waals surface area contributed by atoms with Crippen LogP contribution in [0.1, 0.15) is 18.4 Å². The first kappa shape index (κ1) is 18.2. The minimum atomic E-state index is -0.921. The monoisotopic (exact) mass is 412 g/mol. The van der Waals surface area contributed by atoms with Crippen molar-refractivity contribution in [3.05, 3.63) is 23.5 Å². The Labute approximate surface area is 170 Å². The molecule has 0 atom stereocenters. The summed E-state index contributed by atoms with van der Waals surface area (Å²) in [5, 5.41) is 21.7. The lowest BCUT2D eigenvalue weighted by atomic mass is 10.2. The Hall–Kier alpha value is -3.83. The van der Waals surface area contributed by atoms with Crippen molar-refractivity contribution in [3.8, 4) is 0 Å². The third-order valence-corrected chi connectivity index (χ3v) is 5.31. The van der Waals surface area contributed by atoms with Gasteiger partial charge in [-0.25, -0.2) is 14.6 Å². The van der Waals surface area contributed by atoms with Crippen molar-refractivity contribution in [1.82, 2.24) is 30.1 Å².